The van der Waals surface area contributed by atoms with E-state index in [1.165, 1.54) is 4.88 Å². The molecule has 0 aliphatic heterocycles. The Morgan fingerprint density at radius 3 is 2.73 bits per heavy atom. The molecule has 0 aliphatic rings. The first-order valence-corrected chi connectivity index (χ1v) is 9.50. The molecule has 2 aromatic heterocycles. The Bertz CT molecular complexity index is 674. The fourth-order valence-corrected chi connectivity index (χ4v) is 3.19. The Morgan fingerprint density at radius 2 is 2.08 bits per heavy atom. The van der Waals surface area contributed by atoms with E-state index in [1.807, 2.05) is 12.1 Å². The largest absolute Gasteiger partial charge is 0.477 e. The molecule has 0 saturated carbocycles. The number of ether oxygens (including phenoxy) is 1. The van der Waals surface area contributed by atoms with Crippen LogP contribution in [0.1, 0.15) is 37.6 Å². The lowest BCUT2D eigenvalue weighted by atomic mass is 9.91. The van der Waals surface area contributed by atoms with Crippen molar-refractivity contribution < 1.29 is 4.74 Å². The molecule has 144 valence electrons. The molecule has 26 heavy (non-hydrogen) atoms. The maximum absolute atomic E-state index is 5.71. The number of aromatic nitrogens is 1. The SMILES string of the molecule is CCCOc1ncccc1CNC(=NC)NCC(C)(C)c1cccs1.I. The maximum atomic E-state index is 5.71. The molecule has 0 aliphatic carbocycles. The van der Waals surface area contributed by atoms with Crippen molar-refractivity contribution in [1.29, 1.82) is 0 Å². The van der Waals surface area contributed by atoms with Crippen LogP contribution in [0.15, 0.2) is 40.8 Å². The molecule has 5 nitrogen and oxygen atoms in total. The third-order valence-electron chi connectivity index (χ3n) is 3.85. The summed E-state index contributed by atoms with van der Waals surface area (Å²) in [5.74, 6) is 1.46. The van der Waals surface area contributed by atoms with E-state index < -0.39 is 0 Å². The molecule has 2 rings (SSSR count). The molecular formula is C19H29IN4OS. The highest BCUT2D eigenvalue weighted by molar-refractivity contribution is 14.0. The van der Waals surface area contributed by atoms with Crippen molar-refractivity contribution in [3.05, 3.63) is 46.3 Å². The highest BCUT2D eigenvalue weighted by atomic mass is 127. The number of rotatable bonds is 8. The van der Waals surface area contributed by atoms with Crippen LogP contribution in [0.5, 0.6) is 5.88 Å². The third-order valence-corrected chi connectivity index (χ3v) is 5.08. The quantitative estimate of drug-likeness (QED) is 0.333. The summed E-state index contributed by atoms with van der Waals surface area (Å²) in [4.78, 5) is 9.99. The molecule has 2 N–H and O–H groups in total. The van der Waals surface area contributed by atoms with Crippen LogP contribution in [0.3, 0.4) is 0 Å². The molecule has 0 spiro atoms. The lowest BCUT2D eigenvalue weighted by Gasteiger charge is -2.25. The smallest absolute Gasteiger partial charge is 0.218 e. The molecular weight excluding hydrogens is 459 g/mol. The van der Waals surface area contributed by atoms with E-state index in [0.29, 0.717) is 19.0 Å². The number of guanidine groups is 1. The average molecular weight is 488 g/mol. The number of aliphatic imine (C=N–C) groups is 1. The van der Waals surface area contributed by atoms with Gasteiger partial charge < -0.3 is 15.4 Å². The van der Waals surface area contributed by atoms with E-state index >= 15 is 0 Å². The van der Waals surface area contributed by atoms with Gasteiger partial charge in [-0.05, 0) is 23.9 Å². The molecule has 0 atom stereocenters. The lowest BCUT2D eigenvalue weighted by Crippen LogP contribution is -2.43. The van der Waals surface area contributed by atoms with Crippen LogP contribution >= 0.6 is 35.3 Å². The average Bonchev–Trinajstić information content (AvgIpc) is 3.16. The summed E-state index contributed by atoms with van der Waals surface area (Å²) in [5, 5.41) is 8.87. The zero-order valence-corrected chi connectivity index (χ0v) is 19.1. The number of hydrogen-bond acceptors (Lipinski definition) is 4. The highest BCUT2D eigenvalue weighted by Crippen LogP contribution is 2.26. The minimum atomic E-state index is 0. The first kappa shape index (κ1) is 22.7. The molecule has 0 radical (unpaired) electrons. The van der Waals surface area contributed by atoms with Crippen LogP contribution in [0.4, 0.5) is 0 Å². The summed E-state index contributed by atoms with van der Waals surface area (Å²) in [6.07, 6.45) is 2.72. The third kappa shape index (κ3) is 6.75. The van der Waals surface area contributed by atoms with Crippen LogP contribution in [0.2, 0.25) is 0 Å². The Hall–Kier alpha value is -1.35. The second-order valence-electron chi connectivity index (χ2n) is 6.46. The minimum absolute atomic E-state index is 0. The second kappa shape index (κ2) is 11.4. The van der Waals surface area contributed by atoms with E-state index in [0.717, 1.165) is 24.5 Å². The van der Waals surface area contributed by atoms with Gasteiger partial charge >= 0.3 is 0 Å². The number of thiophene rings is 1. The second-order valence-corrected chi connectivity index (χ2v) is 7.40. The molecule has 0 unspecified atom stereocenters. The van der Waals surface area contributed by atoms with Crippen molar-refractivity contribution in [3.63, 3.8) is 0 Å². The van der Waals surface area contributed by atoms with Gasteiger partial charge in [0.15, 0.2) is 5.96 Å². The van der Waals surface area contributed by atoms with Crippen molar-refractivity contribution in [3.8, 4) is 5.88 Å². The Labute approximate surface area is 177 Å². The zero-order valence-electron chi connectivity index (χ0n) is 15.9. The molecule has 0 saturated heterocycles. The highest BCUT2D eigenvalue weighted by Gasteiger charge is 2.21. The molecule has 0 bridgehead atoms. The van der Waals surface area contributed by atoms with Gasteiger partial charge in [0.2, 0.25) is 5.88 Å². The van der Waals surface area contributed by atoms with Crippen LogP contribution in [0, 0.1) is 0 Å². The van der Waals surface area contributed by atoms with Crippen molar-refractivity contribution in [2.75, 3.05) is 20.2 Å². The Balaban J connectivity index is 0.00000338. The number of halogens is 1. The number of nitrogens with zero attached hydrogens (tertiary/aromatic N) is 2. The van der Waals surface area contributed by atoms with E-state index in [1.54, 1.807) is 24.6 Å². The lowest BCUT2D eigenvalue weighted by molar-refractivity contribution is 0.301. The van der Waals surface area contributed by atoms with Crippen molar-refractivity contribution >= 4 is 41.3 Å². The topological polar surface area (TPSA) is 58.5 Å². The van der Waals surface area contributed by atoms with E-state index in [-0.39, 0.29) is 29.4 Å². The fourth-order valence-electron chi connectivity index (χ4n) is 2.34. The molecule has 2 heterocycles. The van der Waals surface area contributed by atoms with Gasteiger partial charge in [0.25, 0.3) is 0 Å². The summed E-state index contributed by atoms with van der Waals surface area (Å²) >= 11 is 1.78. The maximum Gasteiger partial charge on any atom is 0.218 e. The van der Waals surface area contributed by atoms with E-state index in [2.05, 4.69) is 58.9 Å². The van der Waals surface area contributed by atoms with Gasteiger partial charge in [0.05, 0.1) is 6.61 Å². The molecule has 0 amide bonds. The van der Waals surface area contributed by atoms with Gasteiger partial charge in [0, 0.05) is 42.2 Å². The number of nitrogens with one attached hydrogen (secondary N) is 2. The number of hydrogen-bond donors (Lipinski definition) is 2. The predicted octanol–water partition coefficient (Wildman–Crippen LogP) is 4.19. The summed E-state index contributed by atoms with van der Waals surface area (Å²) < 4.78 is 5.71. The summed E-state index contributed by atoms with van der Waals surface area (Å²) in [5.41, 5.74) is 1.08. The summed E-state index contributed by atoms with van der Waals surface area (Å²) in [6.45, 7) is 8.65. The Kier molecular flexibility index (Phi) is 9.93. The first-order chi connectivity index (χ1) is 12.1. The molecule has 0 aromatic carbocycles. The van der Waals surface area contributed by atoms with Crippen LogP contribution < -0.4 is 15.4 Å². The summed E-state index contributed by atoms with van der Waals surface area (Å²) in [7, 11) is 1.78. The van der Waals surface area contributed by atoms with Gasteiger partial charge in [-0.2, -0.15) is 0 Å². The fraction of sp³-hybridized carbons (Fsp3) is 0.474. The summed E-state index contributed by atoms with van der Waals surface area (Å²) in [6, 6.07) is 8.21. The molecule has 0 fully saturated rings. The Morgan fingerprint density at radius 1 is 1.27 bits per heavy atom. The van der Waals surface area contributed by atoms with Gasteiger partial charge in [-0.25, -0.2) is 4.98 Å². The predicted molar refractivity (Wildman–Crippen MR) is 121 cm³/mol. The van der Waals surface area contributed by atoms with Gasteiger partial charge in [-0.1, -0.05) is 32.9 Å². The van der Waals surface area contributed by atoms with Crippen LogP contribution in [-0.2, 0) is 12.0 Å². The minimum Gasteiger partial charge on any atom is -0.477 e. The van der Waals surface area contributed by atoms with E-state index in [4.69, 9.17) is 4.74 Å². The van der Waals surface area contributed by atoms with Gasteiger partial charge in [-0.15, -0.1) is 35.3 Å². The standard InChI is InChI=1S/C19H28N4OS.HI/c1-5-11-24-17-15(8-6-10-21-17)13-22-18(20-4)23-14-19(2,3)16-9-7-12-25-16;/h6-10,12H,5,11,13-14H2,1-4H3,(H2,20,22,23);1H. The van der Waals surface area contributed by atoms with Crippen molar-refractivity contribution in [1.82, 2.24) is 15.6 Å². The van der Waals surface area contributed by atoms with Crippen LogP contribution in [-0.4, -0.2) is 31.1 Å². The first-order valence-electron chi connectivity index (χ1n) is 8.62. The van der Waals surface area contributed by atoms with Crippen LogP contribution in [0.25, 0.3) is 0 Å². The van der Waals surface area contributed by atoms with Gasteiger partial charge in [-0.3, -0.25) is 4.99 Å². The number of pyridine rings is 1. The molecule has 2 aromatic rings. The van der Waals surface area contributed by atoms with E-state index in [9.17, 15) is 0 Å². The van der Waals surface area contributed by atoms with Gasteiger partial charge in [0.1, 0.15) is 0 Å². The normalized spacial score (nSPS) is 11.6. The van der Waals surface area contributed by atoms with Crippen molar-refractivity contribution in [2.45, 2.75) is 39.2 Å². The monoisotopic (exact) mass is 488 g/mol. The zero-order chi connectivity index (χ0) is 18.1. The van der Waals surface area contributed by atoms with Crippen molar-refractivity contribution in [2.24, 2.45) is 4.99 Å². The molecule has 7 heteroatoms.